The second kappa shape index (κ2) is 7.54. The van der Waals surface area contributed by atoms with E-state index in [-0.39, 0.29) is 17.7 Å². The Hall–Kier alpha value is -2.96. The van der Waals surface area contributed by atoms with Crippen LogP contribution in [0.3, 0.4) is 0 Å². The van der Waals surface area contributed by atoms with Crippen molar-refractivity contribution in [1.82, 2.24) is 5.32 Å². The summed E-state index contributed by atoms with van der Waals surface area (Å²) in [6, 6.07) is 8.18. The van der Waals surface area contributed by atoms with E-state index >= 15 is 0 Å². The summed E-state index contributed by atoms with van der Waals surface area (Å²) in [5.74, 6) is -1.81. The number of carbonyl (C=O) groups is 2. The number of nitrogens with one attached hydrogen (secondary N) is 1. The van der Waals surface area contributed by atoms with Gasteiger partial charge in [0.05, 0.1) is 0 Å². The predicted octanol–water partition coefficient (Wildman–Crippen LogP) is 2.15. The highest BCUT2D eigenvalue weighted by Gasteiger charge is 2.15. The molecule has 0 bridgehead atoms. The molecular weight excluding hydrogens is 318 g/mol. The van der Waals surface area contributed by atoms with Crippen molar-refractivity contribution in [2.75, 3.05) is 0 Å². The zero-order valence-electron chi connectivity index (χ0n) is 12.9. The molecule has 0 saturated carbocycles. The number of amides is 2. The number of ether oxygens (including phenoxy) is 1. The van der Waals surface area contributed by atoms with Crippen LogP contribution in [0.1, 0.15) is 22.8 Å². The number of carbonyl (C=O) groups excluding carboxylic acids is 2. The lowest BCUT2D eigenvalue weighted by Gasteiger charge is -2.12. The van der Waals surface area contributed by atoms with E-state index in [2.05, 4.69) is 5.32 Å². The number of hydrogen-bond donors (Lipinski definition) is 2. The zero-order valence-corrected chi connectivity index (χ0v) is 12.9. The standard InChI is InChI=1S/C17H16F2N2O3/c1-10(16(20)22)21-17(23)11-2-7-15(19)12(8-11)9-24-14-5-3-13(18)4-6-14/h2-8,10H,9H2,1H3,(H2,20,22)(H,21,23)/t10-/m0/s1. The van der Waals surface area contributed by atoms with E-state index < -0.39 is 29.5 Å². The summed E-state index contributed by atoms with van der Waals surface area (Å²) >= 11 is 0. The third kappa shape index (κ3) is 4.52. The average molecular weight is 334 g/mol. The number of halogens is 2. The molecule has 24 heavy (non-hydrogen) atoms. The van der Waals surface area contributed by atoms with Crippen molar-refractivity contribution in [3.05, 3.63) is 65.2 Å². The molecule has 0 unspecified atom stereocenters. The van der Waals surface area contributed by atoms with E-state index in [4.69, 9.17) is 10.5 Å². The van der Waals surface area contributed by atoms with Gasteiger partial charge in [0.2, 0.25) is 5.91 Å². The first-order chi connectivity index (χ1) is 11.4. The van der Waals surface area contributed by atoms with Crippen LogP contribution in [-0.2, 0) is 11.4 Å². The maximum Gasteiger partial charge on any atom is 0.251 e. The average Bonchev–Trinajstić information content (AvgIpc) is 2.55. The van der Waals surface area contributed by atoms with Crippen LogP contribution >= 0.6 is 0 Å². The molecule has 2 aromatic rings. The van der Waals surface area contributed by atoms with Crippen LogP contribution in [0.15, 0.2) is 42.5 Å². The van der Waals surface area contributed by atoms with Gasteiger partial charge in [-0.3, -0.25) is 9.59 Å². The van der Waals surface area contributed by atoms with Gasteiger partial charge in [0.15, 0.2) is 0 Å². The summed E-state index contributed by atoms with van der Waals surface area (Å²) in [4.78, 5) is 23.0. The fourth-order valence-corrected chi connectivity index (χ4v) is 1.87. The molecule has 2 aromatic carbocycles. The first-order valence-electron chi connectivity index (χ1n) is 7.14. The van der Waals surface area contributed by atoms with E-state index in [1.807, 2.05) is 0 Å². The predicted molar refractivity (Wildman–Crippen MR) is 83.3 cm³/mol. The van der Waals surface area contributed by atoms with Crippen molar-refractivity contribution in [2.45, 2.75) is 19.6 Å². The Balaban J connectivity index is 2.09. The van der Waals surface area contributed by atoms with Crippen molar-refractivity contribution in [3.63, 3.8) is 0 Å². The Bertz CT molecular complexity index is 748. The number of benzene rings is 2. The lowest BCUT2D eigenvalue weighted by molar-refractivity contribution is -0.119. The number of nitrogens with two attached hydrogens (primary N) is 1. The molecule has 0 spiro atoms. The van der Waals surface area contributed by atoms with Gasteiger partial charge < -0.3 is 15.8 Å². The fraction of sp³-hybridized carbons (Fsp3) is 0.176. The van der Waals surface area contributed by atoms with Crippen LogP contribution in [0.5, 0.6) is 5.75 Å². The van der Waals surface area contributed by atoms with Crippen molar-refractivity contribution in [1.29, 1.82) is 0 Å². The largest absolute Gasteiger partial charge is 0.489 e. The molecule has 0 heterocycles. The van der Waals surface area contributed by atoms with Crippen molar-refractivity contribution >= 4 is 11.8 Å². The van der Waals surface area contributed by atoms with Gasteiger partial charge in [-0.15, -0.1) is 0 Å². The molecule has 2 rings (SSSR count). The van der Waals surface area contributed by atoms with Crippen LogP contribution in [0.25, 0.3) is 0 Å². The topological polar surface area (TPSA) is 81.4 Å². The van der Waals surface area contributed by atoms with Gasteiger partial charge >= 0.3 is 0 Å². The number of primary amides is 1. The van der Waals surface area contributed by atoms with Gasteiger partial charge in [-0.05, 0) is 49.4 Å². The van der Waals surface area contributed by atoms with E-state index in [0.717, 1.165) is 6.07 Å². The second-order valence-electron chi connectivity index (χ2n) is 5.15. The molecule has 7 heteroatoms. The molecule has 1 atom stereocenters. The van der Waals surface area contributed by atoms with E-state index in [9.17, 15) is 18.4 Å². The van der Waals surface area contributed by atoms with E-state index in [1.54, 1.807) is 0 Å². The van der Waals surface area contributed by atoms with Gasteiger partial charge in [-0.25, -0.2) is 8.78 Å². The van der Waals surface area contributed by atoms with Crippen molar-refractivity contribution < 1.29 is 23.1 Å². The molecule has 0 aliphatic heterocycles. The molecule has 0 aromatic heterocycles. The van der Waals surface area contributed by atoms with Crippen LogP contribution in [0.4, 0.5) is 8.78 Å². The minimum atomic E-state index is -0.846. The van der Waals surface area contributed by atoms with Crippen LogP contribution in [0, 0.1) is 11.6 Å². The highest BCUT2D eigenvalue weighted by Crippen LogP contribution is 2.16. The molecule has 126 valence electrons. The SMILES string of the molecule is C[C@H](NC(=O)c1ccc(F)c(COc2ccc(F)cc2)c1)C(N)=O. The highest BCUT2D eigenvalue weighted by molar-refractivity contribution is 5.97. The first kappa shape index (κ1) is 17.4. The molecule has 0 saturated heterocycles. The van der Waals surface area contributed by atoms with Crippen molar-refractivity contribution in [3.8, 4) is 5.75 Å². The van der Waals surface area contributed by atoms with Gasteiger partial charge in [0.25, 0.3) is 5.91 Å². The van der Waals surface area contributed by atoms with Gasteiger partial charge in [0, 0.05) is 11.1 Å². The smallest absolute Gasteiger partial charge is 0.251 e. The molecule has 2 amide bonds. The maximum absolute atomic E-state index is 13.8. The third-order valence-electron chi connectivity index (χ3n) is 3.29. The van der Waals surface area contributed by atoms with Crippen molar-refractivity contribution in [2.24, 2.45) is 5.73 Å². The number of hydrogen-bond acceptors (Lipinski definition) is 3. The molecule has 0 aliphatic rings. The molecule has 0 radical (unpaired) electrons. The Kier molecular flexibility index (Phi) is 5.47. The van der Waals surface area contributed by atoms with Gasteiger partial charge in [-0.2, -0.15) is 0 Å². The summed E-state index contributed by atoms with van der Waals surface area (Å²) in [7, 11) is 0. The first-order valence-corrected chi connectivity index (χ1v) is 7.14. The summed E-state index contributed by atoms with van der Waals surface area (Å²) in [5, 5.41) is 2.40. The summed E-state index contributed by atoms with van der Waals surface area (Å²) in [6.45, 7) is 1.31. The van der Waals surface area contributed by atoms with Gasteiger partial charge in [0.1, 0.15) is 30.0 Å². The molecule has 5 nitrogen and oxygen atoms in total. The normalized spacial score (nSPS) is 11.6. The molecule has 3 N–H and O–H groups in total. The Labute approximate surface area is 137 Å². The van der Waals surface area contributed by atoms with E-state index in [1.165, 1.54) is 43.3 Å². The molecule has 0 fully saturated rings. The lowest BCUT2D eigenvalue weighted by atomic mass is 10.1. The Morgan fingerprint density at radius 1 is 1.17 bits per heavy atom. The zero-order chi connectivity index (χ0) is 17.7. The minimum absolute atomic E-state index is 0.135. The highest BCUT2D eigenvalue weighted by atomic mass is 19.1. The van der Waals surface area contributed by atoms with Crippen LogP contribution in [-0.4, -0.2) is 17.9 Å². The Morgan fingerprint density at radius 3 is 2.46 bits per heavy atom. The summed E-state index contributed by atoms with van der Waals surface area (Å²) in [5.41, 5.74) is 5.40. The molecular formula is C17H16F2N2O3. The third-order valence-corrected chi connectivity index (χ3v) is 3.29. The quantitative estimate of drug-likeness (QED) is 0.849. The fourth-order valence-electron chi connectivity index (χ4n) is 1.87. The summed E-state index contributed by atoms with van der Waals surface area (Å²) < 4.78 is 32.0. The monoisotopic (exact) mass is 334 g/mol. The maximum atomic E-state index is 13.8. The number of rotatable bonds is 6. The van der Waals surface area contributed by atoms with Gasteiger partial charge in [-0.1, -0.05) is 0 Å². The Morgan fingerprint density at radius 2 is 1.83 bits per heavy atom. The summed E-state index contributed by atoms with van der Waals surface area (Å²) in [6.07, 6.45) is 0. The van der Waals surface area contributed by atoms with Crippen LogP contribution < -0.4 is 15.8 Å². The lowest BCUT2D eigenvalue weighted by Crippen LogP contribution is -2.42. The van der Waals surface area contributed by atoms with Crippen LogP contribution in [0.2, 0.25) is 0 Å². The molecule has 0 aliphatic carbocycles. The van der Waals surface area contributed by atoms with E-state index in [0.29, 0.717) is 5.75 Å². The minimum Gasteiger partial charge on any atom is -0.489 e. The second-order valence-corrected chi connectivity index (χ2v) is 5.15.